The Morgan fingerprint density at radius 1 is 1.15 bits per heavy atom. The van der Waals surface area contributed by atoms with Gasteiger partial charge in [-0.2, -0.15) is 0 Å². The normalized spacial score (nSPS) is 11.9. The number of nitrogens with zero attached hydrogens (tertiary/aromatic N) is 1. The molecule has 4 heteroatoms. The summed E-state index contributed by atoms with van der Waals surface area (Å²) in [6.45, 7) is 2.95. The van der Waals surface area contributed by atoms with E-state index in [1.54, 1.807) is 12.1 Å². The molecule has 20 heavy (non-hydrogen) atoms. The van der Waals surface area contributed by atoms with Crippen molar-refractivity contribution in [2.75, 3.05) is 12.8 Å². The van der Waals surface area contributed by atoms with Gasteiger partial charge in [-0.15, -0.1) is 12.4 Å². The van der Waals surface area contributed by atoms with Gasteiger partial charge < -0.3 is 10.8 Å². The Hall–Kier alpha value is -1.71. The van der Waals surface area contributed by atoms with Gasteiger partial charge in [-0.25, -0.2) is 0 Å². The zero-order valence-corrected chi connectivity index (χ0v) is 12.6. The molecule has 0 spiro atoms. The first-order chi connectivity index (χ1) is 9.06. The lowest BCUT2D eigenvalue weighted by Gasteiger charge is -2.25. The first-order valence-corrected chi connectivity index (χ1v) is 6.40. The third kappa shape index (κ3) is 4.15. The molecule has 0 fully saturated rings. The highest BCUT2D eigenvalue weighted by Gasteiger charge is 2.12. The topological polar surface area (TPSA) is 49.5 Å². The van der Waals surface area contributed by atoms with Gasteiger partial charge in [0, 0.05) is 18.3 Å². The molecular weight excluding hydrogens is 272 g/mol. The molecular formula is C16H21ClN2O. The van der Waals surface area contributed by atoms with Crippen molar-refractivity contribution in [3.63, 3.8) is 0 Å². The summed E-state index contributed by atoms with van der Waals surface area (Å²) in [7, 11) is 2.07. The maximum absolute atomic E-state index is 9.53. The second-order valence-electron chi connectivity index (χ2n) is 4.93. The minimum atomic E-state index is 0. The Morgan fingerprint density at radius 2 is 1.85 bits per heavy atom. The van der Waals surface area contributed by atoms with Crippen LogP contribution in [0, 0.1) is 0 Å². The van der Waals surface area contributed by atoms with Crippen molar-refractivity contribution in [2.24, 2.45) is 0 Å². The second kappa shape index (κ2) is 7.17. The van der Waals surface area contributed by atoms with Crippen LogP contribution in [0.1, 0.15) is 24.1 Å². The Kier molecular flexibility index (Phi) is 5.86. The van der Waals surface area contributed by atoms with Crippen LogP contribution in [0.2, 0.25) is 0 Å². The lowest BCUT2D eigenvalue weighted by atomic mass is 10.1. The highest BCUT2D eigenvalue weighted by atomic mass is 35.5. The van der Waals surface area contributed by atoms with Crippen molar-refractivity contribution in [3.8, 4) is 5.75 Å². The summed E-state index contributed by atoms with van der Waals surface area (Å²) < 4.78 is 0. The zero-order chi connectivity index (χ0) is 13.8. The van der Waals surface area contributed by atoms with Crippen LogP contribution in [0.25, 0.3) is 0 Å². The molecule has 0 bridgehead atoms. The predicted molar refractivity (Wildman–Crippen MR) is 86.1 cm³/mol. The number of benzene rings is 2. The molecule has 108 valence electrons. The van der Waals surface area contributed by atoms with Crippen LogP contribution in [0.5, 0.6) is 5.75 Å². The van der Waals surface area contributed by atoms with E-state index in [-0.39, 0.29) is 18.4 Å². The van der Waals surface area contributed by atoms with Crippen molar-refractivity contribution < 1.29 is 5.11 Å². The van der Waals surface area contributed by atoms with E-state index in [4.69, 9.17) is 5.73 Å². The van der Waals surface area contributed by atoms with Gasteiger partial charge in [-0.05, 0) is 49.4 Å². The van der Waals surface area contributed by atoms with Crippen molar-refractivity contribution in [3.05, 3.63) is 59.7 Å². The molecule has 1 unspecified atom stereocenters. The van der Waals surface area contributed by atoms with Crippen molar-refractivity contribution in [1.29, 1.82) is 0 Å². The summed E-state index contributed by atoms with van der Waals surface area (Å²) in [4.78, 5) is 2.23. The lowest BCUT2D eigenvalue weighted by molar-refractivity contribution is 0.252. The van der Waals surface area contributed by atoms with Gasteiger partial charge in [-0.1, -0.05) is 24.3 Å². The van der Waals surface area contributed by atoms with E-state index in [2.05, 4.69) is 24.9 Å². The van der Waals surface area contributed by atoms with Crippen LogP contribution in [-0.4, -0.2) is 17.1 Å². The van der Waals surface area contributed by atoms with E-state index in [1.165, 1.54) is 5.56 Å². The van der Waals surface area contributed by atoms with Crippen LogP contribution in [-0.2, 0) is 6.54 Å². The number of hydrogen-bond donors (Lipinski definition) is 2. The number of phenols is 1. The fourth-order valence-electron chi connectivity index (χ4n) is 2.16. The molecule has 1 atom stereocenters. The maximum Gasteiger partial charge on any atom is 0.115 e. The van der Waals surface area contributed by atoms with E-state index in [0.29, 0.717) is 5.75 Å². The standard InChI is InChI=1S/C16H20N2O.ClH/c1-12(14-6-4-8-16(19)10-14)18(2)11-13-5-3-7-15(17)9-13;/h3-10,12,19H,11,17H2,1-2H3;1H. The SMILES string of the molecule is CC(c1cccc(O)c1)N(C)Cc1cccc(N)c1.Cl. The van der Waals surface area contributed by atoms with Gasteiger partial charge in [0.25, 0.3) is 0 Å². The fourth-order valence-corrected chi connectivity index (χ4v) is 2.16. The Balaban J connectivity index is 0.00000200. The molecule has 2 aromatic rings. The summed E-state index contributed by atoms with van der Waals surface area (Å²) in [5, 5.41) is 9.53. The van der Waals surface area contributed by atoms with Crippen LogP contribution < -0.4 is 5.73 Å². The van der Waals surface area contributed by atoms with Gasteiger partial charge in [-0.3, -0.25) is 4.90 Å². The first kappa shape index (κ1) is 16.3. The predicted octanol–water partition coefficient (Wildman–Crippen LogP) is 3.59. The molecule has 2 aromatic carbocycles. The number of rotatable bonds is 4. The molecule has 0 heterocycles. The monoisotopic (exact) mass is 292 g/mol. The van der Waals surface area contributed by atoms with Crippen molar-refractivity contribution in [2.45, 2.75) is 19.5 Å². The minimum Gasteiger partial charge on any atom is -0.508 e. The zero-order valence-electron chi connectivity index (χ0n) is 11.8. The van der Waals surface area contributed by atoms with Crippen LogP contribution in [0.4, 0.5) is 5.69 Å². The number of hydrogen-bond acceptors (Lipinski definition) is 3. The van der Waals surface area contributed by atoms with Crippen LogP contribution >= 0.6 is 12.4 Å². The largest absolute Gasteiger partial charge is 0.508 e. The lowest BCUT2D eigenvalue weighted by Crippen LogP contribution is -2.21. The van der Waals surface area contributed by atoms with E-state index in [1.807, 2.05) is 30.3 Å². The molecule has 2 rings (SSSR count). The van der Waals surface area contributed by atoms with Gasteiger partial charge in [0.1, 0.15) is 5.75 Å². The Morgan fingerprint density at radius 3 is 2.50 bits per heavy atom. The molecule has 0 aliphatic carbocycles. The second-order valence-corrected chi connectivity index (χ2v) is 4.93. The Bertz CT molecular complexity index is 560. The van der Waals surface area contributed by atoms with Gasteiger partial charge in [0.05, 0.1) is 0 Å². The van der Waals surface area contributed by atoms with E-state index < -0.39 is 0 Å². The van der Waals surface area contributed by atoms with Crippen LogP contribution in [0.3, 0.4) is 0 Å². The van der Waals surface area contributed by atoms with Crippen molar-refractivity contribution in [1.82, 2.24) is 4.90 Å². The molecule has 3 nitrogen and oxygen atoms in total. The molecule has 0 saturated carbocycles. The van der Waals surface area contributed by atoms with Crippen molar-refractivity contribution >= 4 is 18.1 Å². The first-order valence-electron chi connectivity index (χ1n) is 6.40. The number of aromatic hydroxyl groups is 1. The molecule has 0 amide bonds. The van der Waals surface area contributed by atoms with Gasteiger partial charge in [0.2, 0.25) is 0 Å². The Labute approximate surface area is 126 Å². The van der Waals surface area contributed by atoms with E-state index >= 15 is 0 Å². The van der Waals surface area contributed by atoms with Gasteiger partial charge >= 0.3 is 0 Å². The average molecular weight is 293 g/mol. The minimum absolute atomic E-state index is 0. The number of anilines is 1. The molecule has 0 aliphatic heterocycles. The third-order valence-corrected chi connectivity index (χ3v) is 3.40. The fraction of sp³-hybridized carbons (Fsp3) is 0.250. The molecule has 0 saturated heterocycles. The third-order valence-electron chi connectivity index (χ3n) is 3.40. The van der Waals surface area contributed by atoms with Crippen LogP contribution in [0.15, 0.2) is 48.5 Å². The highest BCUT2D eigenvalue weighted by molar-refractivity contribution is 5.85. The summed E-state index contributed by atoms with van der Waals surface area (Å²) in [5.74, 6) is 0.307. The number of halogens is 1. The average Bonchev–Trinajstić information content (AvgIpc) is 2.38. The van der Waals surface area contributed by atoms with E-state index in [9.17, 15) is 5.11 Å². The highest BCUT2D eigenvalue weighted by Crippen LogP contribution is 2.23. The van der Waals surface area contributed by atoms with Gasteiger partial charge in [0.15, 0.2) is 0 Å². The number of nitrogens with two attached hydrogens (primary N) is 1. The summed E-state index contributed by atoms with van der Waals surface area (Å²) in [6, 6.07) is 15.5. The smallest absolute Gasteiger partial charge is 0.115 e. The summed E-state index contributed by atoms with van der Waals surface area (Å²) in [6.07, 6.45) is 0. The number of phenolic OH excluding ortho intramolecular Hbond substituents is 1. The maximum atomic E-state index is 9.53. The molecule has 0 aliphatic rings. The number of nitrogen functional groups attached to an aromatic ring is 1. The quantitative estimate of drug-likeness (QED) is 0.847. The summed E-state index contributed by atoms with van der Waals surface area (Å²) in [5.41, 5.74) is 8.87. The molecule has 3 N–H and O–H groups in total. The summed E-state index contributed by atoms with van der Waals surface area (Å²) >= 11 is 0. The molecule has 0 aromatic heterocycles. The molecule has 0 radical (unpaired) electrons. The van der Waals surface area contributed by atoms with E-state index in [0.717, 1.165) is 17.8 Å².